The second-order valence-electron chi connectivity index (χ2n) is 10.7. The number of nitrogens with one attached hydrogen (secondary N) is 1. The maximum absolute atomic E-state index is 13.5. The van der Waals surface area contributed by atoms with Gasteiger partial charge in [-0.1, -0.05) is 29.8 Å². The highest BCUT2D eigenvalue weighted by Gasteiger charge is 2.58. The van der Waals surface area contributed by atoms with Gasteiger partial charge in [0.15, 0.2) is 0 Å². The van der Waals surface area contributed by atoms with Crippen LogP contribution in [0.1, 0.15) is 64.5 Å². The van der Waals surface area contributed by atoms with E-state index in [9.17, 15) is 10.1 Å². The topological polar surface area (TPSA) is 59.4 Å². The molecule has 6 heteroatoms. The molecule has 2 saturated carbocycles. The Labute approximate surface area is 215 Å². The van der Waals surface area contributed by atoms with Crippen molar-refractivity contribution in [3.05, 3.63) is 64.7 Å². The maximum atomic E-state index is 13.5. The minimum atomic E-state index is -0.0515. The minimum Gasteiger partial charge on any atom is -0.320 e. The molecule has 2 amide bonds. The van der Waals surface area contributed by atoms with Crippen LogP contribution in [0.4, 0.5) is 10.5 Å². The number of urea groups is 1. The largest absolute Gasteiger partial charge is 0.322 e. The first-order valence-electron chi connectivity index (χ1n) is 12.8. The number of carbonyl (C=O) groups excluding carboxylic acids is 1. The number of hydrogen-bond acceptors (Lipinski definition) is 3. The van der Waals surface area contributed by atoms with Gasteiger partial charge in [0.25, 0.3) is 0 Å². The van der Waals surface area contributed by atoms with Crippen LogP contribution >= 0.6 is 11.6 Å². The maximum Gasteiger partial charge on any atom is 0.322 e. The van der Waals surface area contributed by atoms with Gasteiger partial charge in [-0.3, -0.25) is 4.90 Å². The van der Waals surface area contributed by atoms with Crippen molar-refractivity contribution < 1.29 is 4.79 Å². The van der Waals surface area contributed by atoms with E-state index in [2.05, 4.69) is 61.0 Å². The third-order valence-corrected chi connectivity index (χ3v) is 8.22. The van der Waals surface area contributed by atoms with Crippen LogP contribution < -0.4 is 5.32 Å². The van der Waals surface area contributed by atoms with Crippen LogP contribution in [0, 0.1) is 17.2 Å². The van der Waals surface area contributed by atoms with Crippen molar-refractivity contribution >= 4 is 23.3 Å². The van der Waals surface area contributed by atoms with E-state index in [1.165, 1.54) is 5.56 Å². The molecule has 35 heavy (non-hydrogen) atoms. The molecule has 4 rings (SSSR count). The number of rotatable bonds is 8. The molecule has 3 unspecified atom stereocenters. The lowest BCUT2D eigenvalue weighted by molar-refractivity contribution is 0.120. The summed E-state index contributed by atoms with van der Waals surface area (Å²) in [6.45, 7) is 10.4. The quantitative estimate of drug-likeness (QED) is 0.447. The van der Waals surface area contributed by atoms with Crippen LogP contribution in [0.25, 0.3) is 0 Å². The molecule has 3 atom stereocenters. The van der Waals surface area contributed by atoms with Crippen LogP contribution in [-0.4, -0.2) is 47.0 Å². The van der Waals surface area contributed by atoms with Gasteiger partial charge in [0.1, 0.15) is 0 Å². The van der Waals surface area contributed by atoms with E-state index in [1.807, 2.05) is 30.3 Å². The molecular weight excluding hydrogens is 456 g/mol. The smallest absolute Gasteiger partial charge is 0.320 e. The summed E-state index contributed by atoms with van der Waals surface area (Å²) in [6.07, 6.45) is 4.17. The number of hydrogen-bond donors (Lipinski definition) is 1. The molecule has 0 heterocycles. The van der Waals surface area contributed by atoms with Crippen molar-refractivity contribution in [3.8, 4) is 6.07 Å². The van der Waals surface area contributed by atoms with Gasteiger partial charge in [-0.15, -0.1) is 0 Å². The highest BCUT2D eigenvalue weighted by molar-refractivity contribution is 6.30. The van der Waals surface area contributed by atoms with E-state index >= 15 is 0 Å². The molecule has 5 nitrogen and oxygen atoms in total. The summed E-state index contributed by atoms with van der Waals surface area (Å²) in [5, 5.41) is 13.0. The zero-order valence-electron chi connectivity index (χ0n) is 21.3. The van der Waals surface area contributed by atoms with Crippen molar-refractivity contribution in [2.45, 2.75) is 76.9 Å². The lowest BCUT2D eigenvalue weighted by Gasteiger charge is -2.39. The first kappa shape index (κ1) is 25.5. The molecule has 0 aliphatic heterocycles. The second-order valence-corrected chi connectivity index (χ2v) is 11.2. The predicted octanol–water partition coefficient (Wildman–Crippen LogP) is 6.67. The standard InChI is InChI=1S/C29H37ClN4O/c1-20(2)33(21(3)4)13-14-34(28(35)32-26-10-6-9-25(30)17-26)27-11-12-29(18-24(29)16-27)23-8-5-7-22(15-23)19-31/h5-10,15,17,20-21,24,27H,11-14,16,18H2,1-4H3,(H,32,35). The number of nitrogens with zero attached hydrogens (tertiary/aromatic N) is 3. The number of fused-ring (bicyclic) bond motifs is 1. The highest BCUT2D eigenvalue weighted by Crippen LogP contribution is 2.62. The molecule has 2 aliphatic carbocycles. The summed E-state index contributed by atoms with van der Waals surface area (Å²) in [5.74, 6) is 0.558. The van der Waals surface area contributed by atoms with Gasteiger partial charge in [0.05, 0.1) is 11.6 Å². The van der Waals surface area contributed by atoms with Crippen molar-refractivity contribution in [3.63, 3.8) is 0 Å². The Morgan fingerprint density at radius 2 is 1.89 bits per heavy atom. The number of nitriles is 1. The van der Waals surface area contributed by atoms with Gasteiger partial charge in [0, 0.05) is 41.9 Å². The Morgan fingerprint density at radius 3 is 2.54 bits per heavy atom. The first-order valence-corrected chi connectivity index (χ1v) is 13.2. The fourth-order valence-electron chi connectivity index (χ4n) is 6.09. The second kappa shape index (κ2) is 10.6. The number of halogens is 1. The molecule has 0 bridgehead atoms. The summed E-state index contributed by atoms with van der Waals surface area (Å²) >= 11 is 6.16. The van der Waals surface area contributed by atoms with E-state index in [1.54, 1.807) is 6.07 Å². The van der Waals surface area contributed by atoms with Crippen molar-refractivity contribution in [2.75, 3.05) is 18.4 Å². The minimum absolute atomic E-state index is 0.0515. The van der Waals surface area contributed by atoms with Gasteiger partial charge in [-0.25, -0.2) is 4.79 Å². The molecular formula is C29H37ClN4O. The summed E-state index contributed by atoms with van der Waals surface area (Å²) in [7, 11) is 0. The zero-order chi connectivity index (χ0) is 25.2. The van der Waals surface area contributed by atoms with Crippen molar-refractivity contribution in [1.29, 1.82) is 5.26 Å². The molecule has 186 valence electrons. The lowest BCUT2D eigenvalue weighted by atomic mass is 9.80. The molecule has 0 radical (unpaired) electrons. The highest BCUT2D eigenvalue weighted by atomic mass is 35.5. The SMILES string of the molecule is CC(C)N(CCN(C(=O)Nc1cccc(Cl)c1)C1CCC2(c3cccc(C#N)c3)CC2C1)C(C)C. The molecule has 0 spiro atoms. The van der Waals surface area contributed by atoms with E-state index in [0.717, 1.165) is 43.5 Å². The number of amides is 2. The molecule has 2 aliphatic rings. The Hall–Kier alpha value is -2.55. The number of anilines is 1. The van der Waals surface area contributed by atoms with E-state index in [-0.39, 0.29) is 17.5 Å². The van der Waals surface area contributed by atoms with E-state index < -0.39 is 0 Å². The average Bonchev–Trinajstić information content (AvgIpc) is 3.56. The molecule has 2 fully saturated rings. The molecule has 0 aromatic heterocycles. The Bertz CT molecular complexity index is 1090. The van der Waals surface area contributed by atoms with Gasteiger partial charge < -0.3 is 10.2 Å². The number of carbonyl (C=O) groups is 1. The summed E-state index contributed by atoms with van der Waals surface area (Å²) < 4.78 is 0. The Kier molecular flexibility index (Phi) is 7.73. The summed E-state index contributed by atoms with van der Waals surface area (Å²) in [4.78, 5) is 18.1. The van der Waals surface area contributed by atoms with Crippen LogP contribution in [0.2, 0.25) is 5.02 Å². The molecule has 0 saturated heterocycles. The average molecular weight is 493 g/mol. The molecule has 2 aromatic rings. The normalized spacial score (nSPS) is 23.2. The predicted molar refractivity (Wildman–Crippen MR) is 143 cm³/mol. The molecule has 2 aromatic carbocycles. The first-order chi connectivity index (χ1) is 16.7. The fraction of sp³-hybridized carbons (Fsp3) is 0.517. The van der Waals surface area contributed by atoms with Gasteiger partial charge >= 0.3 is 6.03 Å². The van der Waals surface area contributed by atoms with Crippen LogP contribution in [0.5, 0.6) is 0 Å². The van der Waals surface area contributed by atoms with Gasteiger partial charge in [-0.05, 0) is 101 Å². The Balaban J connectivity index is 1.50. The molecule has 1 N–H and O–H groups in total. The third kappa shape index (κ3) is 5.66. The van der Waals surface area contributed by atoms with Crippen LogP contribution in [0.15, 0.2) is 48.5 Å². The summed E-state index contributed by atoms with van der Waals surface area (Å²) in [6, 6.07) is 18.7. The number of benzene rings is 2. The van der Waals surface area contributed by atoms with E-state index in [4.69, 9.17) is 11.6 Å². The van der Waals surface area contributed by atoms with Gasteiger partial charge in [-0.2, -0.15) is 5.26 Å². The fourth-order valence-corrected chi connectivity index (χ4v) is 6.28. The zero-order valence-corrected chi connectivity index (χ0v) is 22.1. The van der Waals surface area contributed by atoms with Gasteiger partial charge in [0.2, 0.25) is 0 Å². The lowest BCUT2D eigenvalue weighted by Crippen LogP contribution is -2.50. The third-order valence-electron chi connectivity index (χ3n) is 7.98. The van der Waals surface area contributed by atoms with Crippen LogP contribution in [-0.2, 0) is 5.41 Å². The van der Waals surface area contributed by atoms with Crippen molar-refractivity contribution in [1.82, 2.24) is 9.80 Å². The van der Waals surface area contributed by atoms with Crippen molar-refractivity contribution in [2.24, 2.45) is 5.92 Å². The monoisotopic (exact) mass is 492 g/mol. The Morgan fingerprint density at radius 1 is 1.14 bits per heavy atom. The van der Waals surface area contributed by atoms with Crippen LogP contribution in [0.3, 0.4) is 0 Å². The summed E-state index contributed by atoms with van der Waals surface area (Å²) in [5.41, 5.74) is 2.93. The van der Waals surface area contributed by atoms with E-state index in [0.29, 0.717) is 29.6 Å².